The van der Waals surface area contributed by atoms with Crippen LogP contribution in [0.2, 0.25) is 0 Å². The third kappa shape index (κ3) is 1.38. The highest BCUT2D eigenvalue weighted by Gasteiger charge is 2.42. The molecule has 2 aliphatic heterocycles. The van der Waals surface area contributed by atoms with Gasteiger partial charge in [0.05, 0.1) is 0 Å². The van der Waals surface area contributed by atoms with Crippen molar-refractivity contribution in [2.45, 2.75) is 19.8 Å². The largest absolute Gasteiger partial charge is 0.305 e. The number of likely N-dealkylation sites (tertiary alicyclic amines) is 2. The summed E-state index contributed by atoms with van der Waals surface area (Å²) in [6.07, 6.45) is 2.87. The van der Waals surface area contributed by atoms with Crippen LogP contribution in [-0.2, 0) is 0 Å². The van der Waals surface area contributed by atoms with Gasteiger partial charge in [-0.25, -0.2) is 0 Å². The van der Waals surface area contributed by atoms with E-state index in [2.05, 4.69) is 23.8 Å². The van der Waals surface area contributed by atoms with E-state index in [1.807, 2.05) is 0 Å². The summed E-state index contributed by atoms with van der Waals surface area (Å²) in [4.78, 5) is 5.02. The minimum Gasteiger partial charge on any atom is -0.305 e. The van der Waals surface area contributed by atoms with Crippen molar-refractivity contribution in [1.82, 2.24) is 9.80 Å². The van der Waals surface area contributed by atoms with Crippen molar-refractivity contribution in [2.24, 2.45) is 5.41 Å². The Balaban J connectivity index is 1.83. The monoisotopic (exact) mass is 168 g/mol. The van der Waals surface area contributed by atoms with E-state index >= 15 is 0 Å². The molecule has 0 unspecified atom stereocenters. The predicted molar refractivity (Wildman–Crippen MR) is 51.3 cm³/mol. The second kappa shape index (κ2) is 3.00. The maximum absolute atomic E-state index is 2.57. The van der Waals surface area contributed by atoms with Crippen molar-refractivity contribution >= 4 is 0 Å². The standard InChI is InChI=1S/C10H20N2/c1-3-12-6-4-10(5-7-12)8-11(2)9-10/h3-9H2,1-2H3. The SMILES string of the molecule is CCN1CCC2(CC1)CN(C)C2. The molecular weight excluding hydrogens is 148 g/mol. The Hall–Kier alpha value is -0.0800. The Morgan fingerprint density at radius 3 is 2.17 bits per heavy atom. The number of nitrogens with zero attached hydrogens (tertiary/aromatic N) is 2. The third-order valence-corrected chi connectivity index (χ3v) is 3.57. The first-order valence-electron chi connectivity index (χ1n) is 5.15. The van der Waals surface area contributed by atoms with Crippen LogP contribution in [0.25, 0.3) is 0 Å². The fraction of sp³-hybridized carbons (Fsp3) is 1.00. The van der Waals surface area contributed by atoms with Gasteiger partial charge in [-0.05, 0) is 44.9 Å². The van der Waals surface area contributed by atoms with Gasteiger partial charge in [-0.1, -0.05) is 6.92 Å². The average Bonchev–Trinajstić information content (AvgIpc) is 2.04. The van der Waals surface area contributed by atoms with Gasteiger partial charge in [0, 0.05) is 13.1 Å². The predicted octanol–water partition coefficient (Wildman–Crippen LogP) is 1.03. The molecule has 2 rings (SSSR count). The maximum Gasteiger partial charge on any atom is 0.00484 e. The van der Waals surface area contributed by atoms with Crippen LogP contribution in [0.5, 0.6) is 0 Å². The van der Waals surface area contributed by atoms with Gasteiger partial charge in [0.25, 0.3) is 0 Å². The molecule has 2 aliphatic rings. The van der Waals surface area contributed by atoms with Gasteiger partial charge >= 0.3 is 0 Å². The van der Waals surface area contributed by atoms with Crippen molar-refractivity contribution in [2.75, 3.05) is 39.8 Å². The molecule has 0 aliphatic carbocycles. The van der Waals surface area contributed by atoms with E-state index in [1.165, 1.54) is 45.6 Å². The van der Waals surface area contributed by atoms with Gasteiger partial charge in [-0.15, -0.1) is 0 Å². The van der Waals surface area contributed by atoms with Crippen LogP contribution in [0.1, 0.15) is 19.8 Å². The summed E-state index contributed by atoms with van der Waals surface area (Å²) >= 11 is 0. The molecule has 0 radical (unpaired) electrons. The second-order valence-electron chi connectivity index (χ2n) is 4.61. The molecule has 0 bridgehead atoms. The highest BCUT2D eigenvalue weighted by Crippen LogP contribution is 2.39. The molecule has 70 valence electrons. The van der Waals surface area contributed by atoms with Crippen LogP contribution in [0.3, 0.4) is 0 Å². The first kappa shape index (κ1) is 8.52. The van der Waals surface area contributed by atoms with E-state index in [0.717, 1.165) is 5.41 Å². The molecule has 2 heterocycles. The third-order valence-electron chi connectivity index (χ3n) is 3.57. The molecule has 0 atom stereocenters. The van der Waals surface area contributed by atoms with Crippen molar-refractivity contribution in [3.05, 3.63) is 0 Å². The molecule has 0 aromatic rings. The summed E-state index contributed by atoms with van der Waals surface area (Å²) in [5.74, 6) is 0. The fourth-order valence-electron chi connectivity index (χ4n) is 2.76. The first-order chi connectivity index (χ1) is 5.74. The van der Waals surface area contributed by atoms with E-state index in [-0.39, 0.29) is 0 Å². The quantitative estimate of drug-likeness (QED) is 0.577. The fourth-order valence-corrected chi connectivity index (χ4v) is 2.76. The van der Waals surface area contributed by atoms with Crippen LogP contribution in [0.15, 0.2) is 0 Å². The van der Waals surface area contributed by atoms with Crippen LogP contribution < -0.4 is 0 Å². The van der Waals surface area contributed by atoms with E-state index < -0.39 is 0 Å². The Morgan fingerprint density at radius 2 is 1.75 bits per heavy atom. The normalized spacial score (nSPS) is 30.5. The number of rotatable bonds is 1. The molecule has 0 aromatic heterocycles. The summed E-state index contributed by atoms with van der Waals surface area (Å²) in [7, 11) is 2.23. The van der Waals surface area contributed by atoms with Gasteiger partial charge in [-0.2, -0.15) is 0 Å². The molecule has 2 nitrogen and oxygen atoms in total. The molecule has 2 saturated heterocycles. The second-order valence-corrected chi connectivity index (χ2v) is 4.61. The molecule has 2 heteroatoms. The van der Waals surface area contributed by atoms with Crippen molar-refractivity contribution in [3.63, 3.8) is 0 Å². The average molecular weight is 168 g/mol. The minimum atomic E-state index is 0.737. The minimum absolute atomic E-state index is 0.737. The van der Waals surface area contributed by atoms with Crippen molar-refractivity contribution in [1.29, 1.82) is 0 Å². The Morgan fingerprint density at radius 1 is 1.17 bits per heavy atom. The number of piperidine rings is 1. The van der Waals surface area contributed by atoms with Gasteiger partial charge < -0.3 is 9.80 Å². The van der Waals surface area contributed by atoms with E-state index in [1.54, 1.807) is 0 Å². The number of hydrogen-bond donors (Lipinski definition) is 0. The summed E-state index contributed by atoms with van der Waals surface area (Å²) in [5, 5.41) is 0. The molecule has 0 aromatic carbocycles. The molecule has 2 fully saturated rings. The zero-order valence-corrected chi connectivity index (χ0v) is 8.34. The highest BCUT2D eigenvalue weighted by molar-refractivity contribution is 4.96. The zero-order valence-electron chi connectivity index (χ0n) is 8.34. The molecule has 1 spiro atoms. The maximum atomic E-state index is 2.57. The van der Waals surface area contributed by atoms with Crippen molar-refractivity contribution < 1.29 is 0 Å². The molecule has 12 heavy (non-hydrogen) atoms. The van der Waals surface area contributed by atoms with E-state index in [9.17, 15) is 0 Å². The smallest absolute Gasteiger partial charge is 0.00484 e. The Labute approximate surface area is 75.5 Å². The summed E-state index contributed by atoms with van der Waals surface area (Å²) in [6.45, 7) is 8.89. The van der Waals surface area contributed by atoms with Crippen LogP contribution in [0, 0.1) is 5.41 Å². The van der Waals surface area contributed by atoms with Gasteiger partial charge in [0.2, 0.25) is 0 Å². The molecule has 0 saturated carbocycles. The van der Waals surface area contributed by atoms with Crippen LogP contribution >= 0.6 is 0 Å². The van der Waals surface area contributed by atoms with Crippen LogP contribution in [-0.4, -0.2) is 49.6 Å². The first-order valence-corrected chi connectivity index (χ1v) is 5.15. The summed E-state index contributed by atoms with van der Waals surface area (Å²) in [6, 6.07) is 0. The lowest BCUT2D eigenvalue weighted by molar-refractivity contribution is -0.0302. The lowest BCUT2D eigenvalue weighted by Gasteiger charge is -2.52. The molecular formula is C10H20N2. The Bertz CT molecular complexity index is 151. The zero-order chi connectivity index (χ0) is 8.60. The van der Waals surface area contributed by atoms with Crippen LogP contribution in [0.4, 0.5) is 0 Å². The summed E-state index contributed by atoms with van der Waals surface area (Å²) in [5.41, 5.74) is 0.737. The number of hydrogen-bond acceptors (Lipinski definition) is 2. The highest BCUT2D eigenvalue weighted by atomic mass is 15.2. The van der Waals surface area contributed by atoms with Gasteiger partial charge in [0.15, 0.2) is 0 Å². The lowest BCUT2D eigenvalue weighted by atomic mass is 9.72. The van der Waals surface area contributed by atoms with Gasteiger partial charge in [-0.3, -0.25) is 0 Å². The van der Waals surface area contributed by atoms with Crippen molar-refractivity contribution in [3.8, 4) is 0 Å². The topological polar surface area (TPSA) is 6.48 Å². The molecule has 0 N–H and O–H groups in total. The lowest BCUT2D eigenvalue weighted by Crippen LogP contribution is -2.58. The Kier molecular flexibility index (Phi) is 2.13. The van der Waals surface area contributed by atoms with Gasteiger partial charge in [0.1, 0.15) is 0 Å². The molecule has 0 amide bonds. The van der Waals surface area contributed by atoms with E-state index in [0.29, 0.717) is 0 Å². The summed E-state index contributed by atoms with van der Waals surface area (Å²) < 4.78 is 0. The van der Waals surface area contributed by atoms with E-state index in [4.69, 9.17) is 0 Å².